The van der Waals surface area contributed by atoms with Gasteiger partial charge in [-0.1, -0.05) is 30.3 Å². The molecule has 2 atom stereocenters. The van der Waals surface area contributed by atoms with Crippen LogP contribution in [-0.2, 0) is 22.8 Å². The number of carbonyl (C=O) groups excluding carboxylic acids is 1. The van der Waals surface area contributed by atoms with Crippen molar-refractivity contribution in [3.05, 3.63) is 82.4 Å². The largest absolute Gasteiger partial charge is 0.500 e. The molecule has 10 heteroatoms. The van der Waals surface area contributed by atoms with Crippen LogP contribution < -0.4 is 15.1 Å². The standard InChI is InChI=1S/C32H39N3O6Si/c1-34-23-13-6-11-21-27(23)30-28-22(31(21)37-2)12-7-15-25(28)35(26-16-8-14-24(34)29(26)30)18-10-19-41-32(36)33-17-9-20-42(38-3,39-4)40-5/h6-8,11-16,30-31H,9-10,17-20H2,1-5H3,(H,33,36). The average molecular weight is 590 g/mol. The van der Waals surface area contributed by atoms with Gasteiger partial charge in [0.1, 0.15) is 6.10 Å². The van der Waals surface area contributed by atoms with E-state index >= 15 is 0 Å². The van der Waals surface area contributed by atoms with Gasteiger partial charge in [-0.15, -0.1) is 0 Å². The molecule has 0 radical (unpaired) electrons. The van der Waals surface area contributed by atoms with Crippen molar-refractivity contribution in [2.45, 2.75) is 30.9 Å². The second-order valence-electron chi connectivity index (χ2n) is 10.8. The highest BCUT2D eigenvalue weighted by Gasteiger charge is 2.45. The van der Waals surface area contributed by atoms with Crippen LogP contribution in [0.1, 0.15) is 52.7 Å². The topological polar surface area (TPSA) is 81.7 Å². The Morgan fingerprint density at radius 3 is 2.02 bits per heavy atom. The summed E-state index contributed by atoms with van der Waals surface area (Å²) in [5.74, 6) is 0.158. The van der Waals surface area contributed by atoms with Crippen LogP contribution in [0.3, 0.4) is 0 Å². The van der Waals surface area contributed by atoms with E-state index in [2.05, 4.69) is 76.8 Å². The van der Waals surface area contributed by atoms with Crippen LogP contribution in [0, 0.1) is 0 Å². The Balaban J connectivity index is 1.18. The fraction of sp³-hybridized carbons (Fsp3) is 0.406. The first kappa shape index (κ1) is 28.7. The molecule has 3 aromatic rings. The lowest BCUT2D eigenvalue weighted by atomic mass is 9.68. The zero-order chi connectivity index (χ0) is 29.4. The summed E-state index contributed by atoms with van der Waals surface area (Å²) < 4.78 is 28.0. The van der Waals surface area contributed by atoms with Crippen LogP contribution in [0.4, 0.5) is 27.5 Å². The summed E-state index contributed by atoms with van der Waals surface area (Å²) in [4.78, 5) is 17.1. The van der Waals surface area contributed by atoms with E-state index in [0.717, 1.165) is 0 Å². The molecule has 2 heterocycles. The summed E-state index contributed by atoms with van der Waals surface area (Å²) in [6.07, 6.45) is 0.816. The van der Waals surface area contributed by atoms with Crippen molar-refractivity contribution in [1.82, 2.24) is 5.32 Å². The molecule has 1 amide bonds. The van der Waals surface area contributed by atoms with Crippen molar-refractivity contribution < 1.29 is 27.5 Å². The summed E-state index contributed by atoms with van der Waals surface area (Å²) in [6.45, 7) is 1.49. The molecule has 0 saturated heterocycles. The fourth-order valence-electron chi connectivity index (χ4n) is 6.96. The van der Waals surface area contributed by atoms with Crippen molar-refractivity contribution in [3.8, 4) is 0 Å². The van der Waals surface area contributed by atoms with E-state index in [1.165, 1.54) is 50.6 Å². The number of benzene rings is 3. The number of hydrogen-bond acceptors (Lipinski definition) is 8. The highest BCUT2D eigenvalue weighted by atomic mass is 28.4. The number of carbonyl (C=O) groups is 1. The maximum atomic E-state index is 12.4. The van der Waals surface area contributed by atoms with Gasteiger partial charge in [0.2, 0.25) is 0 Å². The molecule has 42 heavy (non-hydrogen) atoms. The first-order valence-electron chi connectivity index (χ1n) is 14.5. The van der Waals surface area contributed by atoms with Gasteiger partial charge in [-0.2, -0.15) is 0 Å². The number of methoxy groups -OCH3 is 1. The van der Waals surface area contributed by atoms with Crippen molar-refractivity contribution in [2.75, 3.05) is 65.0 Å². The first-order valence-corrected chi connectivity index (χ1v) is 16.4. The molecular formula is C32H39N3O6Si. The number of anilines is 4. The van der Waals surface area contributed by atoms with Crippen LogP contribution in [0.15, 0.2) is 54.6 Å². The number of nitrogens with one attached hydrogen (secondary N) is 1. The normalized spacial score (nSPS) is 17.6. The molecule has 3 aliphatic rings. The SMILES string of the molecule is COC1c2cccc3c2C2c4c1cccc4N(CCCOC(=O)NCCC[Si](OC)(OC)OC)c1cccc(c12)N3C. The smallest absolute Gasteiger partial charge is 0.449 e. The number of hydrogen-bond donors (Lipinski definition) is 1. The van der Waals surface area contributed by atoms with Crippen LogP contribution in [-0.4, -0.2) is 70.1 Å². The van der Waals surface area contributed by atoms with Crippen LogP contribution >= 0.6 is 0 Å². The van der Waals surface area contributed by atoms with Gasteiger partial charge >= 0.3 is 14.9 Å². The molecule has 3 aromatic carbocycles. The van der Waals surface area contributed by atoms with E-state index < -0.39 is 14.9 Å². The minimum absolute atomic E-state index is 0.121. The van der Waals surface area contributed by atoms with Gasteiger partial charge in [0, 0.05) is 88.9 Å². The molecule has 1 aliphatic carbocycles. The second-order valence-corrected chi connectivity index (χ2v) is 13.9. The maximum Gasteiger partial charge on any atom is 0.500 e. The molecule has 0 fully saturated rings. The number of alkyl carbamates (subject to hydrolysis) is 1. The summed E-state index contributed by atoms with van der Waals surface area (Å²) in [7, 11) is 6.06. The van der Waals surface area contributed by atoms with Gasteiger partial charge in [0.05, 0.1) is 6.61 Å². The summed E-state index contributed by atoms with van der Waals surface area (Å²) in [5.41, 5.74) is 11.3. The van der Waals surface area contributed by atoms with E-state index in [4.69, 9.17) is 22.8 Å². The zero-order valence-corrected chi connectivity index (χ0v) is 25.9. The van der Waals surface area contributed by atoms with Gasteiger partial charge in [-0.05, 0) is 59.4 Å². The third-order valence-corrected chi connectivity index (χ3v) is 11.7. The highest BCUT2D eigenvalue weighted by Crippen LogP contribution is 2.62. The quantitative estimate of drug-likeness (QED) is 0.209. The van der Waals surface area contributed by atoms with E-state index in [1.807, 2.05) is 0 Å². The van der Waals surface area contributed by atoms with Gasteiger partial charge < -0.3 is 37.9 Å². The molecule has 0 spiro atoms. The minimum Gasteiger partial charge on any atom is -0.449 e. The average Bonchev–Trinajstić information content (AvgIpc) is 3.03. The maximum absolute atomic E-state index is 12.4. The van der Waals surface area contributed by atoms with Crippen LogP contribution in [0.2, 0.25) is 6.04 Å². The van der Waals surface area contributed by atoms with Gasteiger partial charge in [0.25, 0.3) is 0 Å². The number of rotatable bonds is 12. The van der Waals surface area contributed by atoms with Gasteiger partial charge in [-0.3, -0.25) is 0 Å². The summed E-state index contributed by atoms with van der Waals surface area (Å²) in [5, 5.41) is 2.83. The molecule has 222 valence electrons. The molecule has 9 nitrogen and oxygen atoms in total. The zero-order valence-electron chi connectivity index (χ0n) is 24.9. The third kappa shape index (κ3) is 4.58. The van der Waals surface area contributed by atoms with Crippen LogP contribution in [0.25, 0.3) is 0 Å². The second kappa shape index (κ2) is 11.7. The Morgan fingerprint density at radius 2 is 1.38 bits per heavy atom. The third-order valence-electron chi connectivity index (χ3n) is 8.89. The monoisotopic (exact) mass is 589 g/mol. The predicted octanol–water partition coefficient (Wildman–Crippen LogP) is 5.83. The molecule has 1 N–H and O–H groups in total. The highest BCUT2D eigenvalue weighted by molar-refractivity contribution is 6.60. The van der Waals surface area contributed by atoms with Crippen molar-refractivity contribution in [3.63, 3.8) is 0 Å². The van der Waals surface area contributed by atoms with Crippen molar-refractivity contribution >= 4 is 37.6 Å². The lowest BCUT2D eigenvalue weighted by Crippen LogP contribution is -2.43. The van der Waals surface area contributed by atoms with E-state index in [1.54, 1.807) is 28.4 Å². The predicted molar refractivity (Wildman–Crippen MR) is 164 cm³/mol. The minimum atomic E-state index is -2.65. The Morgan fingerprint density at radius 1 is 0.810 bits per heavy atom. The van der Waals surface area contributed by atoms with E-state index in [-0.39, 0.29) is 12.0 Å². The molecule has 2 aliphatic heterocycles. The molecule has 0 bridgehead atoms. The Kier molecular flexibility index (Phi) is 7.99. The lowest BCUT2D eigenvalue weighted by molar-refractivity contribution is 0.122. The molecule has 0 aromatic heterocycles. The van der Waals surface area contributed by atoms with Crippen molar-refractivity contribution in [2.24, 2.45) is 0 Å². The molecule has 0 saturated carbocycles. The number of ether oxygens (including phenoxy) is 2. The number of amides is 1. The molecule has 2 unspecified atom stereocenters. The summed E-state index contributed by atoms with van der Waals surface area (Å²) in [6, 6.07) is 20.3. The molecule has 6 rings (SSSR count). The van der Waals surface area contributed by atoms with E-state index in [9.17, 15) is 4.79 Å². The van der Waals surface area contributed by atoms with Crippen molar-refractivity contribution in [1.29, 1.82) is 0 Å². The number of nitrogens with zero attached hydrogens (tertiary/aromatic N) is 2. The summed E-state index contributed by atoms with van der Waals surface area (Å²) >= 11 is 0. The fourth-order valence-corrected chi connectivity index (χ4v) is 8.69. The molecular weight excluding hydrogens is 550 g/mol. The van der Waals surface area contributed by atoms with Gasteiger partial charge in [-0.25, -0.2) is 4.79 Å². The Labute approximate surface area is 248 Å². The lowest BCUT2D eigenvalue weighted by Gasteiger charge is -2.48. The van der Waals surface area contributed by atoms with Gasteiger partial charge in [0.15, 0.2) is 0 Å². The first-order chi connectivity index (χ1) is 20.5. The Hall–Kier alpha value is -3.41. The Bertz CT molecular complexity index is 1470. The van der Waals surface area contributed by atoms with E-state index in [0.29, 0.717) is 38.6 Å². The van der Waals surface area contributed by atoms with Crippen LogP contribution in [0.5, 0.6) is 0 Å².